The summed E-state index contributed by atoms with van der Waals surface area (Å²) >= 11 is 0. The van der Waals surface area contributed by atoms with Crippen LogP contribution in [0.4, 0.5) is 58.4 Å². The normalized spacial score (nSPS) is 12.4. The molecule has 0 spiro atoms. The van der Waals surface area contributed by atoms with E-state index in [1.54, 1.807) is 0 Å². The third-order valence-corrected chi connectivity index (χ3v) is 15.7. The Bertz CT molecular complexity index is 3800. The first-order valence-electron chi connectivity index (χ1n) is 21.8. The second-order valence-electron chi connectivity index (χ2n) is 15.9. The molecule has 41 heteroatoms. The minimum absolute atomic E-state index is 0. The van der Waals surface area contributed by atoms with Crippen LogP contribution in [0, 0.1) is 0 Å². The van der Waals surface area contributed by atoms with Crippen molar-refractivity contribution in [3.63, 3.8) is 0 Å². The Balaban J connectivity index is 0.0000120. The van der Waals surface area contributed by atoms with Gasteiger partial charge in [0.25, 0.3) is 60.7 Å². The summed E-state index contributed by atoms with van der Waals surface area (Å²) < 4.78 is 208. The van der Waals surface area contributed by atoms with E-state index >= 15 is 0 Å². The first-order chi connectivity index (χ1) is 37.2. The van der Waals surface area contributed by atoms with Gasteiger partial charge in [0.05, 0.1) is 47.6 Å². The Labute approximate surface area is 482 Å². The fraction of sp³-hybridized carbons (Fsp3) is 0.200. The summed E-state index contributed by atoms with van der Waals surface area (Å²) in [6.45, 7) is -3.05. The Morgan fingerprint density at radius 1 is 0.370 bits per heavy atom. The van der Waals surface area contributed by atoms with Crippen molar-refractivity contribution in [3.8, 4) is 0 Å². The van der Waals surface area contributed by atoms with Crippen LogP contribution in [0.5, 0.6) is 0 Å². The summed E-state index contributed by atoms with van der Waals surface area (Å²) in [5.74, 6) is -2.91. The van der Waals surface area contributed by atoms with Crippen LogP contribution in [-0.2, 0) is 60.7 Å². The average Bonchev–Trinajstić information content (AvgIpc) is 3.34. The molecule has 6 aromatic rings. The van der Waals surface area contributed by atoms with Gasteiger partial charge in [-0.3, -0.25) is 27.3 Å². The molecule has 4 aromatic carbocycles. The molecule has 0 fully saturated rings. The van der Waals surface area contributed by atoms with E-state index in [0.717, 1.165) is 36.4 Å². The van der Waals surface area contributed by atoms with E-state index in [2.05, 4.69) is 51.2 Å². The number of nitrogens with zero attached hydrogens (tertiary/aromatic N) is 8. The third kappa shape index (κ3) is 17.6. The zero-order chi connectivity index (χ0) is 59.2. The van der Waals surface area contributed by atoms with Crippen LogP contribution in [0.25, 0.3) is 12.2 Å². The summed E-state index contributed by atoms with van der Waals surface area (Å²) in [5.41, 5.74) is -2.45. The van der Waals surface area contributed by atoms with Crippen molar-refractivity contribution in [2.45, 2.75) is 29.4 Å². The van der Waals surface area contributed by atoms with Crippen LogP contribution >= 0.6 is 0 Å². The van der Waals surface area contributed by atoms with Crippen LogP contribution in [0.15, 0.2) is 102 Å². The fourth-order valence-corrected chi connectivity index (χ4v) is 10.6. The zero-order valence-electron chi connectivity index (χ0n) is 40.1. The van der Waals surface area contributed by atoms with Crippen LogP contribution < -0.4 is 31.1 Å². The van der Waals surface area contributed by atoms with E-state index in [1.807, 2.05) is 0 Å². The van der Waals surface area contributed by atoms with E-state index in [9.17, 15) is 98.2 Å². The van der Waals surface area contributed by atoms with Crippen molar-refractivity contribution < 1.29 is 98.2 Å². The molecule has 0 aliphatic heterocycles. The molecule has 0 aliphatic rings. The van der Waals surface area contributed by atoms with Gasteiger partial charge in [-0.05, 0) is 71.8 Å². The molecule has 0 saturated heterocycles. The van der Waals surface area contributed by atoms with Gasteiger partial charge in [-0.25, -0.2) is 0 Å². The van der Waals surface area contributed by atoms with E-state index < -0.39 is 152 Å². The molecule has 0 aliphatic carbocycles. The molecule has 2 aromatic heterocycles. The van der Waals surface area contributed by atoms with Gasteiger partial charge in [0, 0.05) is 37.6 Å². The molecular formula is C40H45N12NaO22S6. The van der Waals surface area contributed by atoms with Gasteiger partial charge in [0.1, 0.15) is 19.6 Å². The second-order valence-corrected chi connectivity index (χ2v) is 24.3. The van der Waals surface area contributed by atoms with Crippen molar-refractivity contribution >= 4 is 161 Å². The third-order valence-electron chi connectivity index (χ3n) is 10.4. The van der Waals surface area contributed by atoms with Gasteiger partial charge in [0.15, 0.2) is 0 Å². The average molecular weight is 1260 g/mol. The predicted octanol–water partition coefficient (Wildman–Crippen LogP) is -0.385. The number of anilines is 10. The molecule has 2 heterocycles. The van der Waals surface area contributed by atoms with Gasteiger partial charge in [-0.1, -0.05) is 24.3 Å². The van der Waals surface area contributed by atoms with E-state index in [0.29, 0.717) is 36.4 Å². The van der Waals surface area contributed by atoms with E-state index in [1.165, 1.54) is 21.9 Å². The summed E-state index contributed by atoms with van der Waals surface area (Å²) in [6.07, 6.45) is 2.01. The van der Waals surface area contributed by atoms with Crippen LogP contribution in [0.1, 0.15) is 11.1 Å². The molecule has 0 unspecified atom stereocenters. The molecule has 81 heavy (non-hydrogen) atoms. The molecule has 0 saturated carbocycles. The SMILES string of the molecule is O=S(=O)(O)c1ccc(S(=O)(=O)O)c(Nc2nc(Nc3ccc(C=Cc4ccc(Nc5nc(Nc6cc(S(=O)(=O)O)ccc6S(=O)(=O)O)nc(N(CCO)CCO)n5)cc4S(=O)(=O)O)c(S(=O)(=O)O)c3)nc(N(CCO)CCO)n2)c1.[NaH]. The van der Waals surface area contributed by atoms with E-state index in [-0.39, 0.29) is 90.1 Å². The summed E-state index contributed by atoms with van der Waals surface area (Å²) in [7, 11) is -30.5. The zero-order valence-corrected chi connectivity index (χ0v) is 45.0. The number of hydrogen-bond donors (Lipinski definition) is 14. The molecule has 14 N–H and O–H groups in total. The van der Waals surface area contributed by atoms with Crippen LogP contribution in [0.3, 0.4) is 0 Å². The molecule has 434 valence electrons. The van der Waals surface area contributed by atoms with Crippen molar-refractivity contribution in [2.24, 2.45) is 0 Å². The number of rotatable bonds is 26. The Morgan fingerprint density at radius 3 is 0.938 bits per heavy atom. The van der Waals surface area contributed by atoms with Crippen molar-refractivity contribution in [1.82, 2.24) is 29.9 Å². The van der Waals surface area contributed by atoms with Crippen LogP contribution in [0.2, 0.25) is 0 Å². The number of nitrogens with one attached hydrogen (secondary N) is 4. The van der Waals surface area contributed by atoms with Gasteiger partial charge in [-0.15, -0.1) is 0 Å². The number of aliphatic hydroxyl groups excluding tert-OH is 4. The molecule has 0 radical (unpaired) electrons. The Morgan fingerprint density at radius 2 is 0.667 bits per heavy atom. The summed E-state index contributed by atoms with van der Waals surface area (Å²) in [4.78, 5) is 22.0. The fourth-order valence-electron chi connectivity index (χ4n) is 6.95. The maximum atomic E-state index is 12.8. The number of hydrogen-bond acceptors (Lipinski definition) is 28. The van der Waals surface area contributed by atoms with Gasteiger partial charge < -0.3 is 51.5 Å². The standard InChI is InChI=1S/C40H44N12O22S6.Na.H/c53-15-11-51(12-16-54)39-47-35(45-37(49-39)43-29-21-27(75(57,58)59)7-9-31(29)77(63,64)65)41-25-5-3-23(33(19-25)79(69,70)71)1-2-24-4-6-26(20-34(24)80(72,73)74)42-36-46-38(50-40(48-36)52(13-17-55)14-18-56)44-30-22-28(76(60,61)62)8-10-32(30)78(66,67)68;;/h1-10,19-22,53-56H,11-18H2,(H,57,58,59)(H,60,61,62)(H,63,64,65)(H,66,67,68)(H,69,70,71)(H,72,73,74)(H2,41,43,45,47,49)(H2,42,44,46,48,50);;. The quantitative estimate of drug-likeness (QED) is 0.0187. The second kappa shape index (κ2) is 26.3. The van der Waals surface area contributed by atoms with Gasteiger partial charge >= 0.3 is 29.6 Å². The minimum atomic E-state index is -5.20. The molecule has 0 atom stereocenters. The summed E-state index contributed by atoms with van der Waals surface area (Å²) in [5, 5.41) is 48.8. The van der Waals surface area contributed by atoms with Crippen molar-refractivity contribution in [1.29, 1.82) is 0 Å². The van der Waals surface area contributed by atoms with Crippen molar-refractivity contribution in [3.05, 3.63) is 83.9 Å². The van der Waals surface area contributed by atoms with Gasteiger partial charge in [0.2, 0.25) is 35.7 Å². The van der Waals surface area contributed by atoms with Gasteiger partial charge in [-0.2, -0.15) is 80.4 Å². The maximum absolute atomic E-state index is 12.8. The summed E-state index contributed by atoms with van der Waals surface area (Å²) in [6, 6.07) is 10.1. The van der Waals surface area contributed by atoms with Crippen LogP contribution in [-0.4, -0.2) is 210 Å². The van der Waals surface area contributed by atoms with Crippen molar-refractivity contribution in [2.75, 3.05) is 83.7 Å². The molecule has 34 nitrogen and oxygen atoms in total. The Hall–Kier alpha value is -6.26. The first-order valence-corrected chi connectivity index (χ1v) is 30.5. The number of benzene rings is 4. The molecule has 0 bridgehead atoms. The topological polar surface area (TPSA) is 539 Å². The first kappa shape index (κ1) is 65.5. The number of aromatic nitrogens is 6. The predicted molar refractivity (Wildman–Crippen MR) is 286 cm³/mol. The Kier molecular flexibility index (Phi) is 21.3. The van der Waals surface area contributed by atoms with E-state index in [4.69, 9.17) is 0 Å². The molecular weight excluding hydrogens is 1220 g/mol. The number of aliphatic hydroxyl groups is 4. The monoisotopic (exact) mass is 1260 g/mol. The molecule has 6 rings (SSSR count). The molecule has 0 amide bonds.